The Hall–Kier alpha value is -1.32. The van der Waals surface area contributed by atoms with Crippen LogP contribution in [0.25, 0.3) is 0 Å². The molecule has 0 fully saturated rings. The number of rotatable bonds is 3. The second-order valence-electron chi connectivity index (χ2n) is 2.30. The van der Waals surface area contributed by atoms with Crippen LogP contribution in [-0.2, 0) is 16.1 Å². The summed E-state index contributed by atoms with van der Waals surface area (Å²) in [5, 5.41) is 0. The summed E-state index contributed by atoms with van der Waals surface area (Å²) in [4.78, 5) is 16.9. The number of nitrogens with zero attached hydrogens (tertiary/aromatic N) is 1. The van der Waals surface area contributed by atoms with Crippen LogP contribution < -0.4 is 0 Å². The van der Waals surface area contributed by atoms with Crippen molar-refractivity contribution in [3.8, 4) is 0 Å². The van der Waals surface area contributed by atoms with Gasteiger partial charge in [0.15, 0.2) is 0 Å². The first-order chi connectivity index (χ1) is 5.24. The fourth-order valence-corrected chi connectivity index (χ4v) is 0.802. The predicted octanol–water partition coefficient (Wildman–Crippen LogP) is 0.700. The third-order valence-corrected chi connectivity index (χ3v) is 1.47. The highest BCUT2D eigenvalue weighted by molar-refractivity contribution is 5.36. The van der Waals surface area contributed by atoms with Gasteiger partial charge >= 0.3 is 0 Å². The molecule has 60 valence electrons. The maximum atomic E-state index is 9.81. The van der Waals surface area contributed by atoms with Gasteiger partial charge in [-0.25, -0.2) is 4.98 Å². The molecule has 1 rings (SSSR count). The Balaban J connectivity index is 2.64. The number of aromatic nitrogens is 2. The van der Waals surface area contributed by atoms with Gasteiger partial charge in [0.2, 0.25) is 0 Å². The zero-order chi connectivity index (χ0) is 8.27. The number of imidazole rings is 1. The van der Waals surface area contributed by atoms with Crippen molar-refractivity contribution in [3.05, 3.63) is 17.2 Å². The lowest BCUT2D eigenvalue weighted by Crippen LogP contribution is -1.92. The lowest BCUT2D eigenvalue weighted by Gasteiger charge is -1.91. The average Bonchev–Trinajstić information content (AvgIpc) is 2.28. The van der Waals surface area contributed by atoms with E-state index >= 15 is 0 Å². The van der Waals surface area contributed by atoms with Gasteiger partial charge in [-0.15, -0.1) is 0 Å². The van der Waals surface area contributed by atoms with Crippen molar-refractivity contribution in [2.45, 2.75) is 20.5 Å². The van der Waals surface area contributed by atoms with Crippen LogP contribution in [0.2, 0.25) is 0 Å². The number of H-pyrrole nitrogens is 1. The van der Waals surface area contributed by atoms with Crippen LogP contribution in [0.4, 0.5) is 0 Å². The van der Waals surface area contributed by atoms with Crippen LogP contribution in [0.1, 0.15) is 17.2 Å². The van der Waals surface area contributed by atoms with Crippen molar-refractivity contribution >= 4 is 6.47 Å². The second-order valence-corrected chi connectivity index (χ2v) is 2.30. The van der Waals surface area contributed by atoms with Crippen molar-refractivity contribution in [1.29, 1.82) is 0 Å². The van der Waals surface area contributed by atoms with E-state index in [0.29, 0.717) is 12.3 Å². The quantitative estimate of drug-likeness (QED) is 0.652. The first-order valence-electron chi connectivity index (χ1n) is 3.31. The van der Waals surface area contributed by atoms with Gasteiger partial charge in [-0.3, -0.25) is 4.79 Å². The number of nitrogens with one attached hydrogen (secondary N) is 1. The predicted molar refractivity (Wildman–Crippen MR) is 38.9 cm³/mol. The van der Waals surface area contributed by atoms with E-state index in [1.54, 1.807) is 0 Å². The summed E-state index contributed by atoms with van der Waals surface area (Å²) in [6.45, 7) is 4.45. The van der Waals surface area contributed by atoms with Gasteiger partial charge in [0.25, 0.3) is 6.47 Å². The van der Waals surface area contributed by atoms with Gasteiger partial charge in [0, 0.05) is 5.69 Å². The van der Waals surface area contributed by atoms with E-state index in [4.69, 9.17) is 0 Å². The number of aromatic amines is 1. The van der Waals surface area contributed by atoms with Gasteiger partial charge in [0.05, 0.1) is 5.69 Å². The smallest absolute Gasteiger partial charge is 0.293 e. The number of aryl methyl sites for hydroxylation is 2. The maximum Gasteiger partial charge on any atom is 0.293 e. The lowest BCUT2D eigenvalue weighted by atomic mass is 10.4. The van der Waals surface area contributed by atoms with Crippen LogP contribution in [0, 0.1) is 13.8 Å². The molecule has 0 unspecified atom stereocenters. The minimum atomic E-state index is 0.220. The fraction of sp³-hybridized carbons (Fsp3) is 0.429. The molecule has 0 amide bonds. The SMILES string of the molecule is Cc1nc(COC=O)[nH]c1C. The molecule has 4 nitrogen and oxygen atoms in total. The molecule has 0 bridgehead atoms. The van der Waals surface area contributed by atoms with Crippen molar-refractivity contribution in [2.24, 2.45) is 0 Å². The van der Waals surface area contributed by atoms with E-state index in [2.05, 4.69) is 14.7 Å². The summed E-state index contributed by atoms with van der Waals surface area (Å²) >= 11 is 0. The summed E-state index contributed by atoms with van der Waals surface area (Å²) in [6, 6.07) is 0. The summed E-state index contributed by atoms with van der Waals surface area (Å²) in [5.74, 6) is 0.687. The van der Waals surface area contributed by atoms with Crippen LogP contribution in [0.3, 0.4) is 0 Å². The first-order valence-corrected chi connectivity index (χ1v) is 3.31. The van der Waals surface area contributed by atoms with Gasteiger partial charge < -0.3 is 9.72 Å². The number of carbonyl (C=O) groups excluding carboxylic acids is 1. The van der Waals surface area contributed by atoms with Crippen molar-refractivity contribution in [2.75, 3.05) is 0 Å². The molecule has 1 heterocycles. The Bertz CT molecular complexity index is 235. The molecule has 1 aromatic rings. The van der Waals surface area contributed by atoms with Gasteiger partial charge in [-0.05, 0) is 13.8 Å². The molecular formula is C7H10N2O2. The molecule has 0 spiro atoms. The Morgan fingerprint density at radius 3 is 2.82 bits per heavy atom. The van der Waals surface area contributed by atoms with Gasteiger partial charge in [-0.1, -0.05) is 0 Å². The third-order valence-electron chi connectivity index (χ3n) is 1.47. The van der Waals surface area contributed by atoms with Crippen molar-refractivity contribution in [3.63, 3.8) is 0 Å². The molecule has 0 aliphatic heterocycles. The number of hydrogen-bond donors (Lipinski definition) is 1. The summed E-state index contributed by atoms with van der Waals surface area (Å²) in [6.07, 6.45) is 0. The molecule has 0 aliphatic carbocycles. The minimum absolute atomic E-state index is 0.220. The lowest BCUT2D eigenvalue weighted by molar-refractivity contribution is -0.130. The molecule has 1 N–H and O–H groups in total. The average molecular weight is 154 g/mol. The molecule has 0 atom stereocenters. The van der Waals surface area contributed by atoms with Crippen LogP contribution in [0.15, 0.2) is 0 Å². The van der Waals surface area contributed by atoms with Crippen LogP contribution >= 0.6 is 0 Å². The Labute approximate surface area is 64.6 Å². The molecule has 0 aromatic carbocycles. The molecule has 0 saturated heterocycles. The molecule has 4 heteroatoms. The van der Waals surface area contributed by atoms with Gasteiger partial charge in [0.1, 0.15) is 12.4 Å². The van der Waals surface area contributed by atoms with E-state index in [9.17, 15) is 4.79 Å². The number of ether oxygens (including phenoxy) is 1. The third kappa shape index (κ3) is 1.80. The zero-order valence-corrected chi connectivity index (χ0v) is 6.55. The minimum Gasteiger partial charge on any atom is -0.460 e. The summed E-state index contributed by atoms with van der Waals surface area (Å²) in [7, 11) is 0. The second kappa shape index (κ2) is 3.18. The Morgan fingerprint density at radius 2 is 2.36 bits per heavy atom. The standard InChI is InChI=1S/C7H10N2O2/c1-5-6(2)9-7(8-5)3-11-4-10/h4H,3H2,1-2H3,(H,8,9). The number of hydrogen-bond acceptors (Lipinski definition) is 3. The highest BCUT2D eigenvalue weighted by atomic mass is 16.5. The summed E-state index contributed by atoms with van der Waals surface area (Å²) in [5.41, 5.74) is 1.95. The monoisotopic (exact) mass is 154 g/mol. The normalized spacial score (nSPS) is 9.64. The fourth-order valence-electron chi connectivity index (χ4n) is 0.802. The highest BCUT2D eigenvalue weighted by Gasteiger charge is 2.00. The molecule has 0 radical (unpaired) electrons. The first kappa shape index (κ1) is 7.78. The molecule has 1 aromatic heterocycles. The molecule has 0 saturated carbocycles. The van der Waals surface area contributed by atoms with Crippen molar-refractivity contribution < 1.29 is 9.53 Å². The topological polar surface area (TPSA) is 55.0 Å². The Kier molecular flexibility index (Phi) is 2.25. The highest BCUT2D eigenvalue weighted by Crippen LogP contribution is 2.02. The van der Waals surface area contributed by atoms with Crippen LogP contribution in [0.5, 0.6) is 0 Å². The van der Waals surface area contributed by atoms with Crippen LogP contribution in [-0.4, -0.2) is 16.4 Å². The van der Waals surface area contributed by atoms with E-state index in [-0.39, 0.29) is 6.61 Å². The summed E-state index contributed by atoms with van der Waals surface area (Å²) < 4.78 is 4.51. The van der Waals surface area contributed by atoms with E-state index in [1.807, 2.05) is 13.8 Å². The number of carbonyl (C=O) groups is 1. The molecule has 11 heavy (non-hydrogen) atoms. The van der Waals surface area contributed by atoms with Gasteiger partial charge in [-0.2, -0.15) is 0 Å². The Morgan fingerprint density at radius 1 is 1.64 bits per heavy atom. The van der Waals surface area contributed by atoms with E-state index < -0.39 is 0 Å². The largest absolute Gasteiger partial charge is 0.460 e. The van der Waals surface area contributed by atoms with Crippen molar-refractivity contribution in [1.82, 2.24) is 9.97 Å². The zero-order valence-electron chi connectivity index (χ0n) is 6.55. The maximum absolute atomic E-state index is 9.81. The molecular weight excluding hydrogens is 144 g/mol. The molecule has 0 aliphatic rings. The van der Waals surface area contributed by atoms with E-state index in [1.165, 1.54) is 0 Å². The van der Waals surface area contributed by atoms with E-state index in [0.717, 1.165) is 11.4 Å².